The Morgan fingerprint density at radius 2 is 2.14 bits per heavy atom. The zero-order valence-electron chi connectivity index (χ0n) is 12.2. The van der Waals surface area contributed by atoms with Crippen LogP contribution in [0.15, 0.2) is 6.33 Å². The fourth-order valence-corrected chi connectivity index (χ4v) is 3.22. The predicted molar refractivity (Wildman–Crippen MR) is 81.2 cm³/mol. The molecule has 0 radical (unpaired) electrons. The van der Waals surface area contributed by atoms with Crippen LogP contribution in [0, 0.1) is 5.92 Å². The van der Waals surface area contributed by atoms with E-state index in [0.29, 0.717) is 35.9 Å². The summed E-state index contributed by atoms with van der Waals surface area (Å²) in [5, 5.41) is 22.7. The number of imidazole rings is 1. The summed E-state index contributed by atoms with van der Waals surface area (Å²) in [4.78, 5) is 13.0. The van der Waals surface area contributed by atoms with Crippen molar-refractivity contribution in [3.8, 4) is 0 Å². The molecule has 0 saturated heterocycles. The second-order valence-corrected chi connectivity index (χ2v) is 6.31. The summed E-state index contributed by atoms with van der Waals surface area (Å²) in [6.45, 7) is -0.00406. The van der Waals surface area contributed by atoms with Crippen molar-refractivity contribution in [2.75, 3.05) is 17.7 Å². The van der Waals surface area contributed by atoms with Gasteiger partial charge in [-0.2, -0.15) is 9.97 Å². The SMILES string of the molecule is Nc1nc(NC2CC2)c2ncn([C@H]3CC(O)C(CO)C3)c2n1. The minimum absolute atomic E-state index is 0.00406. The first kappa shape index (κ1) is 13.7. The van der Waals surface area contributed by atoms with E-state index in [1.807, 2.05) is 4.57 Å². The number of nitrogen functional groups attached to an aromatic ring is 1. The zero-order valence-corrected chi connectivity index (χ0v) is 12.2. The molecular formula is C14H20N6O2. The van der Waals surface area contributed by atoms with Crippen LogP contribution in [-0.2, 0) is 0 Å². The lowest BCUT2D eigenvalue weighted by atomic mass is 10.1. The van der Waals surface area contributed by atoms with E-state index < -0.39 is 6.10 Å². The molecule has 0 aliphatic heterocycles. The Kier molecular flexibility index (Phi) is 3.16. The monoisotopic (exact) mass is 304 g/mol. The summed E-state index contributed by atoms with van der Waals surface area (Å²) >= 11 is 0. The van der Waals surface area contributed by atoms with Crippen LogP contribution in [0.25, 0.3) is 11.2 Å². The highest BCUT2D eigenvalue weighted by Gasteiger charge is 2.34. The van der Waals surface area contributed by atoms with Gasteiger partial charge in [0.15, 0.2) is 17.0 Å². The highest BCUT2D eigenvalue weighted by atomic mass is 16.3. The van der Waals surface area contributed by atoms with Gasteiger partial charge in [-0.25, -0.2) is 4.98 Å². The molecule has 118 valence electrons. The second-order valence-electron chi connectivity index (χ2n) is 6.31. The van der Waals surface area contributed by atoms with Crippen LogP contribution in [-0.4, -0.2) is 48.5 Å². The Hall–Kier alpha value is -1.93. The first-order valence-electron chi connectivity index (χ1n) is 7.71. The van der Waals surface area contributed by atoms with Crippen LogP contribution < -0.4 is 11.1 Å². The maximum atomic E-state index is 10.0. The van der Waals surface area contributed by atoms with Crippen molar-refractivity contribution in [1.82, 2.24) is 19.5 Å². The highest BCUT2D eigenvalue weighted by molar-refractivity contribution is 5.84. The molecule has 2 fully saturated rings. The summed E-state index contributed by atoms with van der Waals surface area (Å²) < 4.78 is 1.95. The van der Waals surface area contributed by atoms with Gasteiger partial charge >= 0.3 is 0 Å². The van der Waals surface area contributed by atoms with Gasteiger partial charge in [0.25, 0.3) is 0 Å². The molecule has 2 aliphatic rings. The largest absolute Gasteiger partial charge is 0.396 e. The van der Waals surface area contributed by atoms with E-state index in [-0.39, 0.29) is 24.5 Å². The number of hydrogen-bond acceptors (Lipinski definition) is 7. The van der Waals surface area contributed by atoms with E-state index in [1.54, 1.807) is 6.33 Å². The molecule has 5 N–H and O–H groups in total. The minimum atomic E-state index is -0.490. The van der Waals surface area contributed by atoms with Crippen molar-refractivity contribution in [3.63, 3.8) is 0 Å². The quantitative estimate of drug-likeness (QED) is 0.640. The van der Waals surface area contributed by atoms with Crippen LogP contribution in [0.4, 0.5) is 11.8 Å². The molecule has 2 heterocycles. The number of nitrogens with zero attached hydrogens (tertiary/aromatic N) is 4. The first-order valence-corrected chi connectivity index (χ1v) is 7.71. The lowest BCUT2D eigenvalue weighted by Gasteiger charge is -2.13. The Morgan fingerprint density at radius 1 is 1.32 bits per heavy atom. The molecule has 8 nitrogen and oxygen atoms in total. The van der Waals surface area contributed by atoms with Gasteiger partial charge in [-0.1, -0.05) is 0 Å². The van der Waals surface area contributed by atoms with E-state index in [2.05, 4.69) is 20.3 Å². The van der Waals surface area contributed by atoms with E-state index in [9.17, 15) is 10.2 Å². The Labute approximate surface area is 127 Å². The van der Waals surface area contributed by atoms with Crippen molar-refractivity contribution in [2.45, 2.75) is 43.9 Å². The fourth-order valence-electron chi connectivity index (χ4n) is 3.22. The third-order valence-corrected chi connectivity index (χ3v) is 4.62. The molecule has 8 heteroatoms. The number of rotatable bonds is 4. The normalized spacial score (nSPS) is 28.4. The summed E-state index contributed by atoms with van der Waals surface area (Å²) in [5.41, 5.74) is 7.23. The van der Waals surface area contributed by atoms with Gasteiger partial charge in [0, 0.05) is 24.6 Å². The summed E-state index contributed by atoms with van der Waals surface area (Å²) in [5.74, 6) is 0.807. The van der Waals surface area contributed by atoms with E-state index in [0.717, 1.165) is 12.8 Å². The molecule has 4 rings (SSSR count). The predicted octanol–water partition coefficient (Wildman–Crippen LogP) is 0.287. The number of hydrogen-bond donors (Lipinski definition) is 4. The van der Waals surface area contributed by atoms with Crippen LogP contribution in [0.1, 0.15) is 31.7 Å². The molecule has 0 bridgehead atoms. The zero-order chi connectivity index (χ0) is 15.3. The summed E-state index contributed by atoms with van der Waals surface area (Å²) in [6, 6.07) is 0.523. The van der Waals surface area contributed by atoms with Crippen molar-refractivity contribution < 1.29 is 10.2 Å². The number of nitrogens with one attached hydrogen (secondary N) is 1. The maximum Gasteiger partial charge on any atom is 0.224 e. The molecule has 0 spiro atoms. The molecule has 2 saturated carbocycles. The molecule has 22 heavy (non-hydrogen) atoms. The third kappa shape index (κ3) is 2.28. The van der Waals surface area contributed by atoms with Gasteiger partial charge in [-0.05, 0) is 25.7 Å². The molecule has 2 aromatic rings. The first-order chi connectivity index (χ1) is 10.7. The molecular weight excluding hydrogens is 284 g/mol. The smallest absolute Gasteiger partial charge is 0.224 e. The van der Waals surface area contributed by atoms with E-state index in [1.165, 1.54) is 0 Å². The molecule has 2 unspecified atom stereocenters. The third-order valence-electron chi connectivity index (χ3n) is 4.62. The number of anilines is 2. The number of aromatic nitrogens is 4. The molecule has 0 aromatic carbocycles. The van der Waals surface area contributed by atoms with Gasteiger partial charge in [0.05, 0.1) is 12.4 Å². The van der Waals surface area contributed by atoms with Crippen molar-refractivity contribution >= 4 is 22.9 Å². The van der Waals surface area contributed by atoms with Gasteiger partial charge in [0.2, 0.25) is 5.95 Å². The lowest BCUT2D eigenvalue weighted by molar-refractivity contribution is 0.0906. The number of nitrogens with two attached hydrogens (primary N) is 1. The summed E-state index contributed by atoms with van der Waals surface area (Å²) in [7, 11) is 0. The highest BCUT2D eigenvalue weighted by Crippen LogP contribution is 2.37. The maximum absolute atomic E-state index is 10.0. The Bertz CT molecular complexity index is 698. The van der Waals surface area contributed by atoms with Crippen LogP contribution in [0.3, 0.4) is 0 Å². The minimum Gasteiger partial charge on any atom is -0.396 e. The molecule has 0 amide bonds. The fraction of sp³-hybridized carbons (Fsp3) is 0.643. The average molecular weight is 304 g/mol. The van der Waals surface area contributed by atoms with E-state index in [4.69, 9.17) is 5.73 Å². The van der Waals surface area contributed by atoms with E-state index >= 15 is 0 Å². The molecule has 3 atom stereocenters. The molecule has 2 aromatic heterocycles. The number of aliphatic hydroxyl groups is 2. The Balaban J connectivity index is 1.71. The summed E-state index contributed by atoms with van der Waals surface area (Å²) in [6.07, 6.45) is 4.81. The van der Waals surface area contributed by atoms with Gasteiger partial charge in [-0.3, -0.25) is 0 Å². The van der Waals surface area contributed by atoms with Crippen LogP contribution in [0.2, 0.25) is 0 Å². The van der Waals surface area contributed by atoms with Gasteiger partial charge in [-0.15, -0.1) is 0 Å². The van der Waals surface area contributed by atoms with Crippen molar-refractivity contribution in [1.29, 1.82) is 0 Å². The standard InChI is InChI=1S/C14H20N6O2/c15-14-18-12(17-8-1-2-8)11-13(19-14)20(6-16-11)9-3-7(5-21)10(22)4-9/h6-10,21-22H,1-5H2,(H3,15,17,18,19)/t7?,9-,10?/m1/s1. The van der Waals surface area contributed by atoms with Gasteiger partial charge < -0.3 is 25.8 Å². The second kappa shape index (κ2) is 5.06. The van der Waals surface area contributed by atoms with Gasteiger partial charge in [0.1, 0.15) is 0 Å². The van der Waals surface area contributed by atoms with Crippen LogP contribution in [0.5, 0.6) is 0 Å². The molecule has 2 aliphatic carbocycles. The number of fused-ring (bicyclic) bond motifs is 1. The Morgan fingerprint density at radius 3 is 2.82 bits per heavy atom. The topological polar surface area (TPSA) is 122 Å². The average Bonchev–Trinajstić information content (AvgIpc) is 3.07. The van der Waals surface area contributed by atoms with Crippen molar-refractivity contribution in [2.24, 2.45) is 5.92 Å². The van der Waals surface area contributed by atoms with Crippen molar-refractivity contribution in [3.05, 3.63) is 6.33 Å². The van der Waals surface area contributed by atoms with Crippen LogP contribution >= 0.6 is 0 Å². The lowest BCUT2D eigenvalue weighted by Crippen LogP contribution is -2.16. The number of aliphatic hydroxyl groups excluding tert-OH is 2.